The van der Waals surface area contributed by atoms with Crippen LogP contribution >= 0.6 is 0 Å². The molecule has 1 saturated carbocycles. The minimum absolute atomic E-state index is 0.257. The average Bonchev–Trinajstić information content (AvgIpc) is 2.90. The van der Waals surface area contributed by atoms with Gasteiger partial charge >= 0.3 is 0 Å². The molecule has 1 aromatic rings. The van der Waals surface area contributed by atoms with Crippen LogP contribution in [0.3, 0.4) is 0 Å². The van der Waals surface area contributed by atoms with Crippen molar-refractivity contribution >= 4 is 10.0 Å². The molecule has 5 heteroatoms. The Kier molecular flexibility index (Phi) is 4.33. The standard InChI is InChI=1S/C16H23NO3S/c18-15-7-5-12(9-15)11-17-21(19,20)16-8-6-13-3-1-2-4-14(13)10-16/h6,8,10,12,15,17-18H,1-5,7,9,11H2. The van der Waals surface area contributed by atoms with Crippen molar-refractivity contribution in [1.82, 2.24) is 4.72 Å². The monoisotopic (exact) mass is 309 g/mol. The van der Waals surface area contributed by atoms with Crippen LogP contribution < -0.4 is 4.72 Å². The second-order valence-corrected chi connectivity index (χ2v) is 8.09. The van der Waals surface area contributed by atoms with Crippen LogP contribution in [0.4, 0.5) is 0 Å². The molecule has 0 amide bonds. The second kappa shape index (κ2) is 6.07. The van der Waals surface area contributed by atoms with Crippen molar-refractivity contribution in [2.75, 3.05) is 6.54 Å². The Bertz CT molecular complexity index is 612. The van der Waals surface area contributed by atoms with Gasteiger partial charge in [0, 0.05) is 6.54 Å². The number of aryl methyl sites for hydroxylation is 2. The van der Waals surface area contributed by atoms with E-state index in [0.717, 1.165) is 32.1 Å². The lowest BCUT2D eigenvalue weighted by Crippen LogP contribution is -2.29. The molecule has 0 aliphatic heterocycles. The molecule has 0 radical (unpaired) electrons. The topological polar surface area (TPSA) is 66.4 Å². The zero-order valence-electron chi connectivity index (χ0n) is 12.2. The molecule has 0 aromatic heterocycles. The van der Waals surface area contributed by atoms with Crippen LogP contribution in [0.15, 0.2) is 23.1 Å². The zero-order chi connectivity index (χ0) is 14.9. The van der Waals surface area contributed by atoms with Gasteiger partial charge < -0.3 is 5.11 Å². The fourth-order valence-electron chi connectivity index (χ4n) is 3.42. The Morgan fingerprint density at radius 2 is 1.90 bits per heavy atom. The molecule has 1 fully saturated rings. The van der Waals surface area contributed by atoms with Crippen LogP contribution in [0.1, 0.15) is 43.2 Å². The smallest absolute Gasteiger partial charge is 0.240 e. The van der Waals surface area contributed by atoms with E-state index in [1.54, 1.807) is 6.07 Å². The van der Waals surface area contributed by atoms with Gasteiger partial charge in [-0.25, -0.2) is 13.1 Å². The predicted molar refractivity (Wildman–Crippen MR) is 81.6 cm³/mol. The molecular formula is C16H23NO3S. The molecule has 2 N–H and O–H groups in total. The van der Waals surface area contributed by atoms with E-state index in [1.165, 1.54) is 17.5 Å². The van der Waals surface area contributed by atoms with Gasteiger partial charge in [0.05, 0.1) is 11.0 Å². The molecule has 0 spiro atoms. The number of fused-ring (bicyclic) bond motifs is 1. The first-order valence-corrected chi connectivity index (χ1v) is 9.32. The summed E-state index contributed by atoms with van der Waals surface area (Å²) >= 11 is 0. The first-order chi connectivity index (χ1) is 10.0. The quantitative estimate of drug-likeness (QED) is 0.894. The minimum Gasteiger partial charge on any atom is -0.393 e. The van der Waals surface area contributed by atoms with Gasteiger partial charge in [-0.05, 0) is 74.1 Å². The maximum Gasteiger partial charge on any atom is 0.240 e. The number of rotatable bonds is 4. The van der Waals surface area contributed by atoms with Gasteiger partial charge in [0.2, 0.25) is 10.0 Å². The third kappa shape index (κ3) is 3.47. The fourth-order valence-corrected chi connectivity index (χ4v) is 4.59. The van der Waals surface area contributed by atoms with E-state index in [2.05, 4.69) is 4.72 Å². The number of nitrogens with one attached hydrogen (secondary N) is 1. The van der Waals surface area contributed by atoms with Crippen LogP contribution in [0.5, 0.6) is 0 Å². The number of hydrogen-bond donors (Lipinski definition) is 2. The summed E-state index contributed by atoms with van der Waals surface area (Å²) in [6, 6.07) is 5.51. The van der Waals surface area contributed by atoms with Gasteiger partial charge in [0.15, 0.2) is 0 Å². The Labute approximate surface area is 126 Å². The van der Waals surface area contributed by atoms with Crippen LogP contribution in [-0.2, 0) is 22.9 Å². The molecule has 21 heavy (non-hydrogen) atoms. The molecule has 1 aromatic carbocycles. The number of aliphatic hydroxyl groups is 1. The maximum absolute atomic E-state index is 12.4. The highest BCUT2D eigenvalue weighted by atomic mass is 32.2. The fraction of sp³-hybridized carbons (Fsp3) is 0.625. The molecular weight excluding hydrogens is 286 g/mol. The van der Waals surface area contributed by atoms with Gasteiger partial charge in [-0.3, -0.25) is 0 Å². The minimum atomic E-state index is -3.43. The Morgan fingerprint density at radius 1 is 1.14 bits per heavy atom. The molecule has 0 bridgehead atoms. The van der Waals surface area contributed by atoms with Crippen molar-refractivity contribution in [2.24, 2.45) is 5.92 Å². The summed E-state index contributed by atoms with van der Waals surface area (Å²) < 4.78 is 27.5. The van der Waals surface area contributed by atoms with Crippen LogP contribution in [0, 0.1) is 5.92 Å². The summed E-state index contributed by atoms with van der Waals surface area (Å²) in [6.45, 7) is 0.427. The van der Waals surface area contributed by atoms with E-state index in [0.29, 0.717) is 17.9 Å². The van der Waals surface area contributed by atoms with E-state index in [4.69, 9.17) is 0 Å². The highest BCUT2D eigenvalue weighted by Crippen LogP contribution is 2.26. The van der Waals surface area contributed by atoms with E-state index < -0.39 is 10.0 Å². The van der Waals surface area contributed by atoms with Crippen molar-refractivity contribution in [2.45, 2.75) is 55.9 Å². The summed E-state index contributed by atoms with van der Waals surface area (Å²) in [5.41, 5.74) is 2.47. The molecule has 116 valence electrons. The highest BCUT2D eigenvalue weighted by Gasteiger charge is 2.25. The van der Waals surface area contributed by atoms with E-state index in [-0.39, 0.29) is 12.0 Å². The molecule has 4 nitrogen and oxygen atoms in total. The summed E-state index contributed by atoms with van der Waals surface area (Å²) in [5, 5.41) is 9.50. The lowest BCUT2D eigenvalue weighted by molar-refractivity contribution is 0.178. The number of aliphatic hydroxyl groups excluding tert-OH is 1. The lowest BCUT2D eigenvalue weighted by atomic mass is 9.92. The molecule has 3 rings (SSSR count). The molecule has 2 atom stereocenters. The van der Waals surface area contributed by atoms with E-state index in [1.807, 2.05) is 12.1 Å². The second-order valence-electron chi connectivity index (χ2n) is 6.32. The van der Waals surface area contributed by atoms with Crippen molar-refractivity contribution in [3.8, 4) is 0 Å². The SMILES string of the molecule is O=S(=O)(NCC1CCC(O)C1)c1ccc2c(c1)CCCC2. The Balaban J connectivity index is 1.69. The van der Waals surface area contributed by atoms with Gasteiger partial charge in [0.25, 0.3) is 0 Å². The van der Waals surface area contributed by atoms with Gasteiger partial charge in [-0.2, -0.15) is 0 Å². The number of benzene rings is 1. The number of hydrogen-bond acceptors (Lipinski definition) is 3. The first-order valence-electron chi connectivity index (χ1n) is 7.84. The zero-order valence-corrected chi connectivity index (χ0v) is 13.0. The van der Waals surface area contributed by atoms with Crippen LogP contribution in [-0.4, -0.2) is 26.2 Å². The first kappa shape index (κ1) is 15.0. The van der Waals surface area contributed by atoms with E-state index >= 15 is 0 Å². The predicted octanol–water partition coefficient (Wildman–Crippen LogP) is 2.00. The summed E-state index contributed by atoms with van der Waals surface area (Å²) in [5.74, 6) is 0.257. The van der Waals surface area contributed by atoms with Gasteiger partial charge in [0.1, 0.15) is 0 Å². The third-order valence-corrected chi connectivity index (χ3v) is 6.13. The molecule has 2 unspecified atom stereocenters. The summed E-state index contributed by atoms with van der Waals surface area (Å²) in [6.07, 6.45) is 6.50. The number of sulfonamides is 1. The van der Waals surface area contributed by atoms with Gasteiger partial charge in [-0.1, -0.05) is 6.07 Å². The third-order valence-electron chi connectivity index (χ3n) is 4.71. The molecule has 2 aliphatic carbocycles. The summed E-state index contributed by atoms with van der Waals surface area (Å²) in [7, 11) is -3.43. The summed E-state index contributed by atoms with van der Waals surface area (Å²) in [4.78, 5) is 0.377. The largest absolute Gasteiger partial charge is 0.393 e. The average molecular weight is 309 g/mol. The molecule has 0 heterocycles. The van der Waals surface area contributed by atoms with Crippen molar-refractivity contribution in [3.63, 3.8) is 0 Å². The van der Waals surface area contributed by atoms with Crippen molar-refractivity contribution < 1.29 is 13.5 Å². The Hall–Kier alpha value is -0.910. The van der Waals surface area contributed by atoms with Crippen molar-refractivity contribution in [3.05, 3.63) is 29.3 Å². The highest BCUT2D eigenvalue weighted by molar-refractivity contribution is 7.89. The lowest BCUT2D eigenvalue weighted by Gasteiger charge is -2.17. The maximum atomic E-state index is 12.4. The molecule has 0 saturated heterocycles. The Morgan fingerprint density at radius 3 is 2.62 bits per heavy atom. The van der Waals surface area contributed by atoms with Crippen molar-refractivity contribution in [1.29, 1.82) is 0 Å². The molecule has 2 aliphatic rings. The van der Waals surface area contributed by atoms with Gasteiger partial charge in [-0.15, -0.1) is 0 Å². The van der Waals surface area contributed by atoms with Crippen LogP contribution in [0.25, 0.3) is 0 Å². The van der Waals surface area contributed by atoms with E-state index in [9.17, 15) is 13.5 Å². The normalized spacial score (nSPS) is 25.8. The van der Waals surface area contributed by atoms with Crippen LogP contribution in [0.2, 0.25) is 0 Å².